The molecule has 5 N–H and O–H groups in total. The zero-order valence-electron chi connectivity index (χ0n) is 8.74. The van der Waals surface area contributed by atoms with Crippen LogP contribution in [-0.2, 0) is 4.74 Å². The average Bonchev–Trinajstić information content (AvgIpc) is 2.63. The van der Waals surface area contributed by atoms with Crippen LogP contribution in [0.4, 0.5) is 0 Å². The zero-order chi connectivity index (χ0) is 11.1. The van der Waals surface area contributed by atoms with Crippen molar-refractivity contribution < 1.29 is 4.74 Å². The van der Waals surface area contributed by atoms with Crippen LogP contribution in [0.15, 0.2) is 4.99 Å². The minimum atomic E-state index is -0.0494. The molecule has 0 aromatic rings. The van der Waals surface area contributed by atoms with Crippen molar-refractivity contribution in [3.05, 3.63) is 0 Å². The number of rotatable bonds is 4. The van der Waals surface area contributed by atoms with Crippen LogP contribution in [0.2, 0.25) is 0 Å². The van der Waals surface area contributed by atoms with Crippen LogP contribution in [0.3, 0.4) is 0 Å². The Morgan fingerprint density at radius 2 is 2.33 bits per heavy atom. The summed E-state index contributed by atoms with van der Waals surface area (Å²) >= 11 is 1.37. The van der Waals surface area contributed by atoms with Crippen molar-refractivity contribution in [3.8, 4) is 0 Å². The van der Waals surface area contributed by atoms with E-state index in [9.17, 15) is 0 Å². The summed E-state index contributed by atoms with van der Waals surface area (Å²) < 4.78 is 5.49. The number of nitrogens with one attached hydrogen (secondary N) is 1. The minimum absolute atomic E-state index is 0.0494. The lowest BCUT2D eigenvalue weighted by Crippen LogP contribution is -2.23. The molecule has 0 radical (unpaired) electrons. The molecule has 5 nitrogen and oxygen atoms in total. The molecule has 1 aliphatic rings. The fourth-order valence-electron chi connectivity index (χ4n) is 1.50. The molecular weight excluding hydrogens is 212 g/mol. The van der Waals surface area contributed by atoms with Gasteiger partial charge in [-0.3, -0.25) is 5.41 Å². The van der Waals surface area contributed by atoms with Crippen molar-refractivity contribution in [2.24, 2.45) is 16.5 Å². The van der Waals surface area contributed by atoms with E-state index in [-0.39, 0.29) is 11.1 Å². The van der Waals surface area contributed by atoms with Gasteiger partial charge in [-0.25, -0.2) is 0 Å². The summed E-state index contributed by atoms with van der Waals surface area (Å²) in [6.45, 7) is 0.904. The van der Waals surface area contributed by atoms with Crippen molar-refractivity contribution in [2.75, 3.05) is 12.4 Å². The topological polar surface area (TPSA) is 97.5 Å². The van der Waals surface area contributed by atoms with Crippen LogP contribution in [0, 0.1) is 5.41 Å². The van der Waals surface area contributed by atoms with Crippen molar-refractivity contribution in [3.63, 3.8) is 0 Å². The molecule has 0 amide bonds. The van der Waals surface area contributed by atoms with Crippen LogP contribution >= 0.6 is 11.8 Å². The molecule has 6 heteroatoms. The largest absolute Gasteiger partial charge is 0.378 e. The van der Waals surface area contributed by atoms with Crippen molar-refractivity contribution >= 4 is 22.9 Å². The summed E-state index contributed by atoms with van der Waals surface area (Å²) in [5.74, 6) is 0.821. The number of nitrogens with zero attached hydrogens (tertiary/aromatic N) is 1. The lowest BCUT2D eigenvalue weighted by Gasteiger charge is -2.07. The lowest BCUT2D eigenvalue weighted by molar-refractivity contribution is 0.104. The van der Waals surface area contributed by atoms with E-state index in [0.717, 1.165) is 25.2 Å². The van der Waals surface area contributed by atoms with Gasteiger partial charge in [0.05, 0.1) is 6.10 Å². The monoisotopic (exact) mass is 230 g/mol. The Kier molecular flexibility index (Phi) is 5.49. The first-order valence-electron chi connectivity index (χ1n) is 5.11. The van der Waals surface area contributed by atoms with Crippen LogP contribution in [0.1, 0.15) is 25.7 Å². The second-order valence-electron chi connectivity index (χ2n) is 3.47. The minimum Gasteiger partial charge on any atom is -0.378 e. The van der Waals surface area contributed by atoms with Crippen molar-refractivity contribution in [1.29, 1.82) is 5.41 Å². The van der Waals surface area contributed by atoms with Gasteiger partial charge in [-0.15, -0.1) is 0 Å². The van der Waals surface area contributed by atoms with Gasteiger partial charge in [0.15, 0.2) is 11.1 Å². The third kappa shape index (κ3) is 5.64. The highest BCUT2D eigenvalue weighted by Gasteiger charge is 2.14. The smallest absolute Gasteiger partial charge is 0.193 e. The molecule has 15 heavy (non-hydrogen) atoms. The highest BCUT2D eigenvalue weighted by atomic mass is 32.2. The zero-order valence-corrected chi connectivity index (χ0v) is 9.55. The van der Waals surface area contributed by atoms with Gasteiger partial charge >= 0.3 is 0 Å². The van der Waals surface area contributed by atoms with Gasteiger partial charge in [0.1, 0.15) is 0 Å². The molecule has 0 aliphatic carbocycles. The summed E-state index contributed by atoms with van der Waals surface area (Å²) in [4.78, 5) is 3.63. The van der Waals surface area contributed by atoms with Gasteiger partial charge in [0.2, 0.25) is 0 Å². The molecule has 1 unspecified atom stereocenters. The Bertz CT molecular complexity index is 234. The number of ether oxygens (including phenoxy) is 1. The van der Waals surface area contributed by atoms with Gasteiger partial charge < -0.3 is 16.2 Å². The molecule has 0 bridgehead atoms. The van der Waals surface area contributed by atoms with Gasteiger partial charge in [0.25, 0.3) is 0 Å². The second-order valence-corrected chi connectivity index (χ2v) is 4.55. The maximum Gasteiger partial charge on any atom is 0.193 e. The Morgan fingerprint density at radius 1 is 1.53 bits per heavy atom. The number of nitrogens with two attached hydrogens (primary N) is 2. The van der Waals surface area contributed by atoms with Gasteiger partial charge in [-0.1, -0.05) is 11.8 Å². The summed E-state index contributed by atoms with van der Waals surface area (Å²) in [7, 11) is 0. The van der Waals surface area contributed by atoms with Crippen LogP contribution in [-0.4, -0.2) is 29.6 Å². The van der Waals surface area contributed by atoms with Gasteiger partial charge in [-0.2, -0.15) is 4.99 Å². The number of hydrogen-bond acceptors (Lipinski definition) is 3. The second kappa shape index (κ2) is 6.68. The molecule has 1 atom stereocenters. The number of thioether (sulfide) groups is 1. The summed E-state index contributed by atoms with van der Waals surface area (Å²) in [6, 6.07) is 0. The molecule has 1 heterocycles. The Hall–Kier alpha value is -0.750. The molecule has 0 aromatic heterocycles. The Labute approximate surface area is 94.2 Å². The molecule has 1 saturated heterocycles. The van der Waals surface area contributed by atoms with E-state index in [2.05, 4.69) is 4.99 Å². The van der Waals surface area contributed by atoms with E-state index < -0.39 is 0 Å². The SMILES string of the molecule is N=C(N=C(N)N)SCCCC1CCCO1. The predicted octanol–water partition coefficient (Wildman–Crippen LogP) is 0.887. The van der Waals surface area contributed by atoms with Crippen molar-refractivity contribution in [1.82, 2.24) is 0 Å². The molecule has 0 aromatic carbocycles. The van der Waals surface area contributed by atoms with E-state index >= 15 is 0 Å². The third-order valence-corrected chi connectivity index (χ3v) is 3.02. The first-order chi connectivity index (χ1) is 7.18. The summed E-state index contributed by atoms with van der Waals surface area (Å²) in [5, 5.41) is 7.57. The van der Waals surface area contributed by atoms with Gasteiger partial charge in [-0.05, 0) is 25.7 Å². The lowest BCUT2D eigenvalue weighted by atomic mass is 10.1. The predicted molar refractivity (Wildman–Crippen MR) is 64.2 cm³/mol. The quantitative estimate of drug-likeness (QED) is 0.379. The van der Waals surface area contributed by atoms with Crippen LogP contribution < -0.4 is 11.5 Å². The highest BCUT2D eigenvalue weighted by molar-refractivity contribution is 8.13. The van der Waals surface area contributed by atoms with E-state index in [1.54, 1.807) is 0 Å². The van der Waals surface area contributed by atoms with E-state index in [4.69, 9.17) is 21.6 Å². The Morgan fingerprint density at radius 3 is 2.93 bits per heavy atom. The number of aliphatic imine (C=N–C) groups is 1. The number of amidine groups is 1. The molecule has 1 aliphatic heterocycles. The van der Waals surface area contributed by atoms with E-state index in [1.165, 1.54) is 24.6 Å². The van der Waals surface area contributed by atoms with E-state index in [1.807, 2.05) is 0 Å². The molecule has 1 fully saturated rings. The maximum atomic E-state index is 7.39. The number of hydrogen-bond donors (Lipinski definition) is 3. The number of guanidine groups is 1. The molecular formula is C9H18N4OS. The van der Waals surface area contributed by atoms with E-state index in [0.29, 0.717) is 6.10 Å². The third-order valence-electron chi connectivity index (χ3n) is 2.16. The fourth-order valence-corrected chi connectivity index (χ4v) is 2.18. The Balaban J connectivity index is 2.01. The first-order valence-corrected chi connectivity index (χ1v) is 6.09. The summed E-state index contributed by atoms with van der Waals surface area (Å²) in [6.07, 6.45) is 4.90. The normalized spacial score (nSPS) is 20.1. The van der Waals surface area contributed by atoms with Crippen molar-refractivity contribution in [2.45, 2.75) is 31.8 Å². The molecule has 1 rings (SSSR count). The van der Waals surface area contributed by atoms with Crippen LogP contribution in [0.25, 0.3) is 0 Å². The molecule has 0 spiro atoms. The van der Waals surface area contributed by atoms with Crippen LogP contribution in [0.5, 0.6) is 0 Å². The molecule has 0 saturated carbocycles. The van der Waals surface area contributed by atoms with Gasteiger partial charge in [0, 0.05) is 12.4 Å². The summed E-state index contributed by atoms with van der Waals surface area (Å²) in [5.41, 5.74) is 10.3. The average molecular weight is 230 g/mol. The standard InChI is InChI=1S/C9H18N4OS/c10-8(11)13-9(12)15-6-2-4-7-3-1-5-14-7/h7H,1-6H2,(H5,10,11,12,13). The fraction of sp³-hybridized carbons (Fsp3) is 0.778. The maximum absolute atomic E-state index is 7.39. The highest BCUT2D eigenvalue weighted by Crippen LogP contribution is 2.18. The first kappa shape index (κ1) is 12.3. The molecule has 86 valence electrons.